The van der Waals surface area contributed by atoms with Crippen molar-refractivity contribution in [3.8, 4) is 17.6 Å². The molecule has 3 nitrogen and oxygen atoms in total. The number of carbonyl (C=O) groups is 1. The Balaban J connectivity index is 1.62. The van der Waals surface area contributed by atoms with Gasteiger partial charge in [0.25, 0.3) is 0 Å². The average Bonchev–Trinajstić information content (AvgIpc) is 2.60. The van der Waals surface area contributed by atoms with Gasteiger partial charge >= 0.3 is 6.16 Å². The number of para-hydroxylation sites is 1. The Kier molecular flexibility index (Phi) is 4.78. The fraction of sp³-hybridized carbons (Fsp3) is 0.0952. The molecule has 0 aliphatic heterocycles. The van der Waals surface area contributed by atoms with E-state index in [1.54, 1.807) is 31.2 Å². The van der Waals surface area contributed by atoms with Crippen LogP contribution in [0.3, 0.4) is 0 Å². The molecule has 0 fully saturated rings. The third kappa shape index (κ3) is 4.15. The molecule has 3 aromatic rings. The second-order valence-electron chi connectivity index (χ2n) is 5.26. The largest absolute Gasteiger partial charge is 0.515 e. The molecule has 0 aromatic heterocycles. The van der Waals surface area contributed by atoms with Crippen LogP contribution in [0.25, 0.3) is 10.8 Å². The molecule has 1 unspecified atom stereocenters. The molecular weight excluding hydrogens is 300 g/mol. The second-order valence-corrected chi connectivity index (χ2v) is 5.26. The Morgan fingerprint density at radius 3 is 2.42 bits per heavy atom. The maximum atomic E-state index is 11.7. The van der Waals surface area contributed by atoms with Gasteiger partial charge < -0.3 is 9.47 Å². The summed E-state index contributed by atoms with van der Waals surface area (Å²) in [6.45, 7) is 1.71. The van der Waals surface area contributed by atoms with Crippen molar-refractivity contribution < 1.29 is 14.3 Å². The number of hydrogen-bond acceptors (Lipinski definition) is 3. The standard InChI is InChI=1S/C21H16O3/c1-16(23-21(22)24-20-9-3-2-4-10-20)11-12-17-13-14-18-7-5-6-8-19(18)15-17/h2-10,13-16H,1H3. The van der Waals surface area contributed by atoms with Crippen molar-refractivity contribution in [1.29, 1.82) is 0 Å². The van der Waals surface area contributed by atoms with Gasteiger partial charge in [-0.25, -0.2) is 4.79 Å². The van der Waals surface area contributed by atoms with E-state index in [-0.39, 0.29) is 0 Å². The van der Waals surface area contributed by atoms with E-state index in [2.05, 4.69) is 17.9 Å². The van der Waals surface area contributed by atoms with Crippen molar-refractivity contribution in [3.05, 3.63) is 78.4 Å². The fourth-order valence-corrected chi connectivity index (χ4v) is 2.23. The molecule has 3 aromatic carbocycles. The molecule has 0 heterocycles. The summed E-state index contributed by atoms with van der Waals surface area (Å²) in [6.07, 6.45) is -1.32. The van der Waals surface area contributed by atoms with E-state index in [0.29, 0.717) is 5.75 Å². The zero-order valence-electron chi connectivity index (χ0n) is 13.2. The number of fused-ring (bicyclic) bond motifs is 1. The van der Waals surface area contributed by atoms with Crippen LogP contribution >= 0.6 is 0 Å². The lowest BCUT2D eigenvalue weighted by molar-refractivity contribution is 0.0853. The van der Waals surface area contributed by atoms with Crippen molar-refractivity contribution in [1.82, 2.24) is 0 Å². The average molecular weight is 316 g/mol. The Morgan fingerprint density at radius 1 is 0.917 bits per heavy atom. The van der Waals surface area contributed by atoms with Gasteiger partial charge in [0, 0.05) is 5.56 Å². The Morgan fingerprint density at radius 2 is 1.62 bits per heavy atom. The summed E-state index contributed by atoms with van der Waals surface area (Å²) in [7, 11) is 0. The molecule has 0 aliphatic carbocycles. The van der Waals surface area contributed by atoms with Crippen molar-refractivity contribution in [2.24, 2.45) is 0 Å². The van der Waals surface area contributed by atoms with E-state index in [0.717, 1.165) is 10.9 Å². The molecule has 3 rings (SSSR count). The Hall–Kier alpha value is -3.25. The fourth-order valence-electron chi connectivity index (χ4n) is 2.23. The maximum Gasteiger partial charge on any atom is 0.515 e. The maximum absolute atomic E-state index is 11.7. The smallest absolute Gasteiger partial charge is 0.418 e. The highest BCUT2D eigenvalue weighted by atomic mass is 16.7. The lowest BCUT2D eigenvalue weighted by atomic mass is 10.1. The molecule has 0 N–H and O–H groups in total. The minimum atomic E-state index is -0.762. The number of hydrogen-bond donors (Lipinski definition) is 0. The van der Waals surface area contributed by atoms with Gasteiger partial charge in [0.2, 0.25) is 0 Å². The number of rotatable bonds is 2. The monoisotopic (exact) mass is 316 g/mol. The molecular formula is C21H16O3. The molecule has 24 heavy (non-hydrogen) atoms. The highest BCUT2D eigenvalue weighted by Gasteiger charge is 2.09. The predicted octanol–water partition coefficient (Wildman–Crippen LogP) is 4.80. The van der Waals surface area contributed by atoms with Crippen LogP contribution in [0.5, 0.6) is 5.75 Å². The van der Waals surface area contributed by atoms with E-state index in [9.17, 15) is 4.79 Å². The van der Waals surface area contributed by atoms with Gasteiger partial charge in [-0.2, -0.15) is 0 Å². The Labute approximate surface area is 140 Å². The topological polar surface area (TPSA) is 35.5 Å². The summed E-state index contributed by atoms with van der Waals surface area (Å²) in [5, 5.41) is 2.29. The molecule has 0 saturated carbocycles. The van der Waals surface area contributed by atoms with Crippen LogP contribution in [0, 0.1) is 11.8 Å². The van der Waals surface area contributed by atoms with Crippen molar-refractivity contribution in [2.75, 3.05) is 0 Å². The van der Waals surface area contributed by atoms with E-state index in [1.807, 2.05) is 42.5 Å². The van der Waals surface area contributed by atoms with Crippen LogP contribution in [-0.2, 0) is 4.74 Å². The molecule has 1 atom stereocenters. The van der Waals surface area contributed by atoms with Crippen molar-refractivity contribution >= 4 is 16.9 Å². The minimum Gasteiger partial charge on any atom is -0.418 e. The molecule has 0 saturated heterocycles. The highest BCUT2D eigenvalue weighted by molar-refractivity contribution is 5.83. The van der Waals surface area contributed by atoms with Gasteiger partial charge in [0.1, 0.15) is 5.75 Å². The summed E-state index contributed by atoms with van der Waals surface area (Å²) in [5.74, 6) is 6.37. The van der Waals surface area contributed by atoms with Crippen LogP contribution in [0.4, 0.5) is 4.79 Å². The van der Waals surface area contributed by atoms with Gasteiger partial charge in [-0.05, 0) is 42.0 Å². The summed E-state index contributed by atoms with van der Waals surface area (Å²) < 4.78 is 10.2. The van der Waals surface area contributed by atoms with Crippen LogP contribution in [-0.4, -0.2) is 12.3 Å². The highest BCUT2D eigenvalue weighted by Crippen LogP contribution is 2.15. The molecule has 0 radical (unpaired) electrons. The van der Waals surface area contributed by atoms with Gasteiger partial charge in [-0.15, -0.1) is 0 Å². The van der Waals surface area contributed by atoms with Crippen molar-refractivity contribution in [3.63, 3.8) is 0 Å². The molecule has 0 spiro atoms. The summed E-state index contributed by atoms with van der Waals surface area (Å²) in [5.41, 5.74) is 0.876. The Bertz CT molecular complexity index is 904. The first-order chi connectivity index (χ1) is 11.7. The lowest BCUT2D eigenvalue weighted by Gasteiger charge is -2.07. The first kappa shape index (κ1) is 15.6. The van der Waals surface area contributed by atoms with Gasteiger partial charge in [-0.3, -0.25) is 0 Å². The number of carbonyl (C=O) groups excluding carboxylic acids is 1. The zero-order valence-corrected chi connectivity index (χ0v) is 13.2. The zero-order chi connectivity index (χ0) is 16.8. The first-order valence-electron chi connectivity index (χ1n) is 7.64. The van der Waals surface area contributed by atoms with Gasteiger partial charge in [0.05, 0.1) is 0 Å². The number of benzene rings is 3. The van der Waals surface area contributed by atoms with Gasteiger partial charge in [-0.1, -0.05) is 60.4 Å². The molecule has 0 bridgehead atoms. The second kappa shape index (κ2) is 7.34. The van der Waals surface area contributed by atoms with Crippen LogP contribution in [0.1, 0.15) is 12.5 Å². The van der Waals surface area contributed by atoms with E-state index in [1.165, 1.54) is 5.39 Å². The molecule has 0 aliphatic rings. The molecule has 118 valence electrons. The van der Waals surface area contributed by atoms with Gasteiger partial charge in [0.15, 0.2) is 6.10 Å². The third-order valence-electron chi connectivity index (χ3n) is 3.39. The quantitative estimate of drug-likeness (QED) is 0.387. The molecule has 3 heteroatoms. The van der Waals surface area contributed by atoms with Crippen molar-refractivity contribution in [2.45, 2.75) is 13.0 Å². The van der Waals surface area contributed by atoms with Crippen LogP contribution in [0.15, 0.2) is 72.8 Å². The summed E-state index contributed by atoms with van der Waals surface area (Å²) in [6, 6.07) is 22.9. The number of ether oxygens (including phenoxy) is 2. The minimum absolute atomic E-state index is 0.442. The van der Waals surface area contributed by atoms with Crippen LogP contribution < -0.4 is 4.74 Å². The van der Waals surface area contributed by atoms with Crippen LogP contribution in [0.2, 0.25) is 0 Å². The summed E-state index contributed by atoms with van der Waals surface area (Å²) >= 11 is 0. The first-order valence-corrected chi connectivity index (χ1v) is 7.64. The summed E-state index contributed by atoms with van der Waals surface area (Å²) in [4.78, 5) is 11.7. The van der Waals surface area contributed by atoms with E-state index in [4.69, 9.17) is 9.47 Å². The lowest BCUT2D eigenvalue weighted by Crippen LogP contribution is -2.16. The third-order valence-corrected chi connectivity index (χ3v) is 3.39. The normalized spacial score (nSPS) is 11.2. The molecule has 0 amide bonds. The SMILES string of the molecule is CC(C#Cc1ccc2ccccc2c1)OC(=O)Oc1ccccc1. The van der Waals surface area contributed by atoms with E-state index < -0.39 is 12.3 Å². The van der Waals surface area contributed by atoms with E-state index >= 15 is 0 Å². The predicted molar refractivity (Wildman–Crippen MR) is 93.8 cm³/mol.